The van der Waals surface area contributed by atoms with Gasteiger partial charge in [-0.1, -0.05) is 59.8 Å². The number of nitrogens with zero attached hydrogens (tertiary/aromatic N) is 2. The summed E-state index contributed by atoms with van der Waals surface area (Å²) in [6, 6.07) is 2.84. The Morgan fingerprint density at radius 1 is 0.889 bits per heavy atom. The van der Waals surface area contributed by atoms with Crippen molar-refractivity contribution < 1.29 is 0 Å². The molecule has 0 unspecified atom stereocenters. The molecule has 0 bridgehead atoms. The standard InChI is InChI=1S/C16H32N2/c1-5-6-7-8-12-17-14-18-13-16(4)11-9-10-15(2)3/h15-16H,5-13H2,1-4H3/t16-/m0/s1. The van der Waals surface area contributed by atoms with Gasteiger partial charge in [-0.15, -0.1) is 0 Å². The molecule has 0 aliphatic carbocycles. The van der Waals surface area contributed by atoms with Crippen molar-refractivity contribution in [1.82, 2.24) is 0 Å². The molecule has 0 saturated carbocycles. The second-order valence-electron chi connectivity index (χ2n) is 5.81. The molecule has 2 heteroatoms. The molecular formula is C16H32N2. The van der Waals surface area contributed by atoms with E-state index in [1.807, 2.05) is 0 Å². The molecule has 0 radical (unpaired) electrons. The lowest BCUT2D eigenvalue weighted by atomic mass is 10.00. The molecule has 0 fully saturated rings. The summed E-state index contributed by atoms with van der Waals surface area (Å²) >= 11 is 0. The molecule has 0 N–H and O–H groups in total. The molecule has 0 aliphatic heterocycles. The van der Waals surface area contributed by atoms with E-state index < -0.39 is 0 Å². The molecule has 2 nitrogen and oxygen atoms in total. The number of aliphatic imine (C=N–C) groups is 2. The van der Waals surface area contributed by atoms with E-state index in [-0.39, 0.29) is 0 Å². The van der Waals surface area contributed by atoms with Crippen LogP contribution in [0, 0.1) is 11.8 Å². The van der Waals surface area contributed by atoms with Crippen molar-refractivity contribution in [3.8, 4) is 0 Å². The van der Waals surface area contributed by atoms with Gasteiger partial charge < -0.3 is 0 Å². The molecule has 0 heterocycles. The van der Waals surface area contributed by atoms with Crippen LogP contribution in [0.25, 0.3) is 0 Å². The Balaban J connectivity index is 3.46. The highest BCUT2D eigenvalue weighted by atomic mass is 14.8. The molecule has 18 heavy (non-hydrogen) atoms. The third kappa shape index (κ3) is 13.4. The molecule has 0 aromatic carbocycles. The molecule has 0 spiro atoms. The zero-order valence-electron chi connectivity index (χ0n) is 12.9. The van der Waals surface area contributed by atoms with Crippen molar-refractivity contribution in [2.24, 2.45) is 21.8 Å². The Morgan fingerprint density at radius 2 is 1.67 bits per heavy atom. The normalized spacial score (nSPS) is 12.3. The summed E-state index contributed by atoms with van der Waals surface area (Å²) in [6.07, 6.45) is 9.00. The SMILES string of the molecule is CCCCCCN=C=NC[C@@H](C)CCCC(C)C. The van der Waals surface area contributed by atoms with E-state index in [1.165, 1.54) is 44.9 Å². The zero-order valence-corrected chi connectivity index (χ0v) is 12.9. The predicted molar refractivity (Wildman–Crippen MR) is 81.6 cm³/mol. The van der Waals surface area contributed by atoms with Crippen molar-refractivity contribution >= 4 is 6.01 Å². The molecule has 106 valence electrons. The maximum Gasteiger partial charge on any atom is 0.0892 e. The molecule has 0 aromatic heterocycles. The van der Waals surface area contributed by atoms with Crippen LogP contribution in [0.15, 0.2) is 9.98 Å². The van der Waals surface area contributed by atoms with Gasteiger partial charge in [0.05, 0.1) is 12.6 Å². The average Bonchev–Trinajstić information content (AvgIpc) is 2.32. The zero-order chi connectivity index (χ0) is 13.6. The third-order valence-electron chi connectivity index (χ3n) is 3.15. The maximum absolute atomic E-state index is 4.27. The fraction of sp³-hybridized carbons (Fsp3) is 0.938. The Kier molecular flexibility index (Phi) is 12.4. The van der Waals surface area contributed by atoms with Crippen molar-refractivity contribution in [2.45, 2.75) is 72.6 Å². The van der Waals surface area contributed by atoms with Gasteiger partial charge in [0, 0.05) is 6.54 Å². The van der Waals surface area contributed by atoms with Gasteiger partial charge in [-0.25, -0.2) is 9.98 Å². The Morgan fingerprint density at radius 3 is 2.33 bits per heavy atom. The van der Waals surface area contributed by atoms with E-state index in [4.69, 9.17) is 0 Å². The first kappa shape index (κ1) is 17.4. The van der Waals surface area contributed by atoms with Gasteiger partial charge in [-0.3, -0.25) is 0 Å². The summed E-state index contributed by atoms with van der Waals surface area (Å²) in [4.78, 5) is 8.48. The molecule has 0 amide bonds. The lowest BCUT2D eigenvalue weighted by molar-refractivity contribution is 0.465. The topological polar surface area (TPSA) is 24.7 Å². The van der Waals surface area contributed by atoms with Crippen LogP contribution in [0.1, 0.15) is 72.6 Å². The third-order valence-corrected chi connectivity index (χ3v) is 3.15. The molecule has 0 saturated heterocycles. The first-order chi connectivity index (χ1) is 8.66. The van der Waals surface area contributed by atoms with Gasteiger partial charge in [0.1, 0.15) is 0 Å². The van der Waals surface area contributed by atoms with Crippen molar-refractivity contribution in [1.29, 1.82) is 0 Å². The highest BCUT2D eigenvalue weighted by molar-refractivity contribution is 5.40. The van der Waals surface area contributed by atoms with Crippen molar-refractivity contribution in [3.63, 3.8) is 0 Å². The van der Waals surface area contributed by atoms with Gasteiger partial charge in [-0.05, 0) is 24.7 Å². The van der Waals surface area contributed by atoms with Crippen LogP contribution < -0.4 is 0 Å². The highest BCUT2D eigenvalue weighted by Gasteiger charge is 2.01. The fourth-order valence-electron chi connectivity index (χ4n) is 1.88. The van der Waals surface area contributed by atoms with Crippen LogP contribution in [0.3, 0.4) is 0 Å². The van der Waals surface area contributed by atoms with Crippen LogP contribution in [0.5, 0.6) is 0 Å². The Hall–Kier alpha value is -0.620. The van der Waals surface area contributed by atoms with Gasteiger partial charge >= 0.3 is 0 Å². The number of unbranched alkanes of at least 4 members (excludes halogenated alkanes) is 3. The highest BCUT2D eigenvalue weighted by Crippen LogP contribution is 2.12. The Labute approximate surface area is 114 Å². The summed E-state index contributed by atoms with van der Waals surface area (Å²) in [5, 5.41) is 0. The van der Waals surface area contributed by atoms with E-state index in [1.54, 1.807) is 0 Å². The predicted octanol–water partition coefficient (Wildman–Crippen LogP) is 5.20. The Bertz CT molecular complexity index is 227. The molecule has 0 aromatic rings. The molecule has 0 aliphatic rings. The van der Waals surface area contributed by atoms with E-state index in [0.717, 1.165) is 19.0 Å². The van der Waals surface area contributed by atoms with E-state index >= 15 is 0 Å². The van der Waals surface area contributed by atoms with Gasteiger partial charge in [-0.2, -0.15) is 0 Å². The van der Waals surface area contributed by atoms with Crippen LogP contribution in [0.2, 0.25) is 0 Å². The van der Waals surface area contributed by atoms with Crippen LogP contribution in [0.4, 0.5) is 0 Å². The fourth-order valence-corrected chi connectivity index (χ4v) is 1.88. The number of hydrogen-bond acceptors (Lipinski definition) is 2. The minimum absolute atomic E-state index is 0.673. The summed E-state index contributed by atoms with van der Waals surface area (Å²) in [7, 11) is 0. The lowest BCUT2D eigenvalue weighted by Crippen LogP contribution is -2.00. The van der Waals surface area contributed by atoms with Crippen LogP contribution in [-0.4, -0.2) is 19.1 Å². The van der Waals surface area contributed by atoms with Crippen LogP contribution >= 0.6 is 0 Å². The van der Waals surface area contributed by atoms with E-state index in [2.05, 4.69) is 43.7 Å². The quantitative estimate of drug-likeness (QED) is 0.356. The van der Waals surface area contributed by atoms with E-state index in [9.17, 15) is 0 Å². The first-order valence-corrected chi connectivity index (χ1v) is 7.74. The van der Waals surface area contributed by atoms with Gasteiger partial charge in [0.25, 0.3) is 0 Å². The minimum Gasteiger partial charge on any atom is -0.226 e. The molecule has 0 rings (SSSR count). The first-order valence-electron chi connectivity index (χ1n) is 7.74. The van der Waals surface area contributed by atoms with Crippen molar-refractivity contribution in [3.05, 3.63) is 0 Å². The monoisotopic (exact) mass is 252 g/mol. The molecular weight excluding hydrogens is 220 g/mol. The average molecular weight is 252 g/mol. The largest absolute Gasteiger partial charge is 0.226 e. The second-order valence-corrected chi connectivity index (χ2v) is 5.81. The smallest absolute Gasteiger partial charge is 0.0892 e. The number of rotatable bonds is 11. The van der Waals surface area contributed by atoms with Gasteiger partial charge in [0.15, 0.2) is 0 Å². The van der Waals surface area contributed by atoms with E-state index in [0.29, 0.717) is 5.92 Å². The number of hydrogen-bond donors (Lipinski definition) is 0. The lowest BCUT2D eigenvalue weighted by Gasteiger charge is -2.08. The summed E-state index contributed by atoms with van der Waals surface area (Å²) < 4.78 is 0. The van der Waals surface area contributed by atoms with Gasteiger partial charge in [0.2, 0.25) is 0 Å². The van der Waals surface area contributed by atoms with Crippen LogP contribution in [-0.2, 0) is 0 Å². The van der Waals surface area contributed by atoms with Crippen molar-refractivity contribution in [2.75, 3.05) is 13.1 Å². The minimum atomic E-state index is 0.673. The summed E-state index contributed by atoms with van der Waals surface area (Å²) in [5.74, 6) is 1.50. The second kappa shape index (κ2) is 12.8. The summed E-state index contributed by atoms with van der Waals surface area (Å²) in [5.41, 5.74) is 0. The summed E-state index contributed by atoms with van der Waals surface area (Å²) in [6.45, 7) is 10.8. The maximum atomic E-state index is 4.27. The molecule has 1 atom stereocenters.